The van der Waals surface area contributed by atoms with Crippen LogP contribution in [-0.2, 0) is 9.31 Å². The average molecular weight is 222 g/mol. The summed E-state index contributed by atoms with van der Waals surface area (Å²) < 4.78 is 11.6. The third kappa shape index (κ3) is 1.78. The number of aromatic amines is 1. The van der Waals surface area contributed by atoms with E-state index >= 15 is 0 Å². The largest absolute Gasteiger partial charge is 0.516 e. The Balaban J connectivity index is 2.27. The summed E-state index contributed by atoms with van der Waals surface area (Å²) in [6.45, 7) is 7.88. The molecule has 16 heavy (non-hydrogen) atoms. The minimum atomic E-state index is -0.526. The second-order valence-electron chi connectivity index (χ2n) is 4.92. The number of nitrogens with one attached hydrogen (secondary N) is 1. The fourth-order valence-corrected chi connectivity index (χ4v) is 1.45. The predicted molar refractivity (Wildman–Crippen MR) is 60.6 cm³/mol. The van der Waals surface area contributed by atoms with Crippen LogP contribution in [0.5, 0.6) is 0 Å². The van der Waals surface area contributed by atoms with Gasteiger partial charge in [-0.25, -0.2) is 0 Å². The molecule has 0 amide bonds. The molecular formula is C10H15BN2O3. The molecule has 1 aliphatic heterocycles. The van der Waals surface area contributed by atoms with E-state index in [1.54, 1.807) is 0 Å². The Morgan fingerprint density at radius 1 is 1.25 bits per heavy atom. The standard InChI is InChI=1S/C10H15BN2O3/c1-9(2)10(3,4)16-11(15-9)7-5-13-8(14)6-12-7/h5-6H,1-4H3,(H,13,14). The second kappa shape index (κ2) is 3.43. The maximum Gasteiger partial charge on any atom is 0.516 e. The molecule has 6 heteroatoms. The number of nitrogens with zero attached hydrogens (tertiary/aromatic N) is 1. The Bertz CT molecular complexity index is 419. The molecule has 0 aliphatic carbocycles. The number of H-pyrrole nitrogens is 1. The smallest absolute Gasteiger partial charge is 0.398 e. The predicted octanol–water partition coefficient (Wildman–Crippen LogP) is 0.0691. The molecule has 5 nitrogen and oxygen atoms in total. The van der Waals surface area contributed by atoms with E-state index in [0.29, 0.717) is 5.59 Å². The second-order valence-corrected chi connectivity index (χ2v) is 4.92. The van der Waals surface area contributed by atoms with Crippen LogP contribution in [0.15, 0.2) is 17.2 Å². The van der Waals surface area contributed by atoms with Crippen molar-refractivity contribution in [1.29, 1.82) is 0 Å². The molecule has 1 aromatic rings. The number of hydrogen-bond donors (Lipinski definition) is 1. The summed E-state index contributed by atoms with van der Waals surface area (Å²) >= 11 is 0. The van der Waals surface area contributed by atoms with Gasteiger partial charge in [-0.3, -0.25) is 9.78 Å². The van der Waals surface area contributed by atoms with E-state index in [0.717, 1.165) is 0 Å². The molecule has 0 aromatic carbocycles. The van der Waals surface area contributed by atoms with E-state index in [-0.39, 0.29) is 5.56 Å². The van der Waals surface area contributed by atoms with E-state index in [4.69, 9.17) is 9.31 Å². The van der Waals surface area contributed by atoms with Crippen molar-refractivity contribution in [2.75, 3.05) is 0 Å². The van der Waals surface area contributed by atoms with Crippen molar-refractivity contribution in [2.24, 2.45) is 0 Å². The van der Waals surface area contributed by atoms with Crippen molar-refractivity contribution in [2.45, 2.75) is 38.9 Å². The van der Waals surface area contributed by atoms with Crippen LogP contribution in [0.25, 0.3) is 0 Å². The van der Waals surface area contributed by atoms with Crippen molar-refractivity contribution in [3.63, 3.8) is 0 Å². The molecule has 1 fully saturated rings. The molecule has 2 rings (SSSR count). The van der Waals surface area contributed by atoms with Crippen molar-refractivity contribution in [3.05, 3.63) is 22.7 Å². The van der Waals surface area contributed by atoms with Crippen molar-refractivity contribution >= 4 is 12.7 Å². The molecular weight excluding hydrogens is 207 g/mol. The third-order valence-electron chi connectivity index (χ3n) is 3.19. The fourth-order valence-electron chi connectivity index (χ4n) is 1.45. The van der Waals surface area contributed by atoms with Gasteiger partial charge in [-0.2, -0.15) is 0 Å². The van der Waals surface area contributed by atoms with Gasteiger partial charge in [0.05, 0.1) is 23.0 Å². The topological polar surface area (TPSA) is 64.2 Å². The summed E-state index contributed by atoms with van der Waals surface area (Å²) in [5.41, 5.74) is -0.441. The van der Waals surface area contributed by atoms with Crippen molar-refractivity contribution in [3.8, 4) is 0 Å². The number of rotatable bonds is 1. The SMILES string of the molecule is CC1(C)OB(c2c[nH]c(=O)cn2)OC1(C)C. The van der Waals surface area contributed by atoms with E-state index in [2.05, 4.69) is 9.97 Å². The third-order valence-corrected chi connectivity index (χ3v) is 3.19. The molecule has 0 spiro atoms. The van der Waals surface area contributed by atoms with Crippen LogP contribution in [0.1, 0.15) is 27.7 Å². The zero-order valence-electron chi connectivity index (χ0n) is 9.90. The van der Waals surface area contributed by atoms with Gasteiger partial charge < -0.3 is 14.3 Å². The van der Waals surface area contributed by atoms with E-state index in [9.17, 15) is 4.79 Å². The minimum absolute atomic E-state index is 0.236. The lowest BCUT2D eigenvalue weighted by atomic mass is 9.85. The monoisotopic (exact) mass is 222 g/mol. The molecule has 0 bridgehead atoms. The first kappa shape index (κ1) is 11.4. The van der Waals surface area contributed by atoms with E-state index in [1.807, 2.05) is 27.7 Å². The Kier molecular flexibility index (Phi) is 2.43. The minimum Gasteiger partial charge on any atom is -0.398 e. The van der Waals surface area contributed by atoms with Crippen LogP contribution in [0.3, 0.4) is 0 Å². The van der Waals surface area contributed by atoms with Gasteiger partial charge in [-0.05, 0) is 27.7 Å². The van der Waals surface area contributed by atoms with Gasteiger partial charge in [0.1, 0.15) is 0 Å². The van der Waals surface area contributed by atoms with Gasteiger partial charge >= 0.3 is 7.12 Å². The van der Waals surface area contributed by atoms with Crippen LogP contribution in [-0.4, -0.2) is 28.3 Å². The number of hydrogen-bond acceptors (Lipinski definition) is 4. The first-order valence-electron chi connectivity index (χ1n) is 5.22. The Labute approximate surface area is 94.3 Å². The van der Waals surface area contributed by atoms with Crippen molar-refractivity contribution in [1.82, 2.24) is 9.97 Å². The van der Waals surface area contributed by atoms with Crippen molar-refractivity contribution < 1.29 is 9.31 Å². The Morgan fingerprint density at radius 3 is 2.25 bits per heavy atom. The van der Waals surface area contributed by atoms with Crippen LogP contribution in [0.2, 0.25) is 0 Å². The average Bonchev–Trinajstić information content (AvgIpc) is 2.37. The summed E-state index contributed by atoms with van der Waals surface area (Å²) in [4.78, 5) is 17.4. The molecule has 1 N–H and O–H groups in total. The summed E-state index contributed by atoms with van der Waals surface area (Å²) in [7, 11) is -0.526. The molecule has 86 valence electrons. The molecule has 0 atom stereocenters. The highest BCUT2D eigenvalue weighted by molar-refractivity contribution is 6.61. The zero-order chi connectivity index (χ0) is 12.0. The van der Waals surface area contributed by atoms with Crippen LogP contribution < -0.4 is 11.2 Å². The summed E-state index contributed by atoms with van der Waals surface area (Å²) in [5, 5.41) is 0. The van der Waals surface area contributed by atoms with Crippen LogP contribution in [0, 0.1) is 0 Å². The lowest BCUT2D eigenvalue weighted by Gasteiger charge is -2.32. The van der Waals surface area contributed by atoms with Gasteiger partial charge in [0, 0.05) is 6.20 Å². The summed E-state index contributed by atoms with van der Waals surface area (Å²) in [6.07, 6.45) is 2.74. The quantitative estimate of drug-likeness (QED) is 0.683. The lowest BCUT2D eigenvalue weighted by molar-refractivity contribution is 0.00578. The first-order valence-corrected chi connectivity index (χ1v) is 5.22. The fraction of sp³-hybridized carbons (Fsp3) is 0.600. The number of aromatic nitrogens is 2. The molecule has 0 saturated carbocycles. The Morgan fingerprint density at radius 2 is 1.81 bits per heavy atom. The van der Waals surface area contributed by atoms with Crippen LogP contribution in [0.4, 0.5) is 0 Å². The van der Waals surface area contributed by atoms with E-state index < -0.39 is 18.3 Å². The molecule has 1 aliphatic rings. The van der Waals surface area contributed by atoms with Gasteiger partial charge in [0.25, 0.3) is 5.56 Å². The van der Waals surface area contributed by atoms with Gasteiger partial charge in [-0.1, -0.05) is 0 Å². The van der Waals surface area contributed by atoms with E-state index in [1.165, 1.54) is 12.4 Å². The molecule has 1 aromatic heterocycles. The summed E-state index contributed by atoms with van der Waals surface area (Å²) in [6, 6.07) is 0. The molecule has 0 unspecified atom stereocenters. The Hall–Kier alpha value is -1.14. The molecule has 0 radical (unpaired) electrons. The lowest BCUT2D eigenvalue weighted by Crippen LogP contribution is -2.41. The molecule has 2 heterocycles. The maximum atomic E-state index is 10.9. The highest BCUT2D eigenvalue weighted by Crippen LogP contribution is 2.36. The molecule has 1 saturated heterocycles. The van der Waals surface area contributed by atoms with Gasteiger partial charge in [-0.15, -0.1) is 0 Å². The highest BCUT2D eigenvalue weighted by Gasteiger charge is 2.52. The first-order chi connectivity index (χ1) is 7.32. The highest BCUT2D eigenvalue weighted by atomic mass is 16.7. The summed E-state index contributed by atoms with van der Waals surface area (Å²) in [5.74, 6) is 0. The normalized spacial score (nSPS) is 22.4. The van der Waals surface area contributed by atoms with Gasteiger partial charge in [0.15, 0.2) is 0 Å². The van der Waals surface area contributed by atoms with Crippen LogP contribution >= 0.6 is 0 Å². The van der Waals surface area contributed by atoms with Gasteiger partial charge in [0.2, 0.25) is 0 Å². The zero-order valence-corrected chi connectivity index (χ0v) is 9.90. The maximum absolute atomic E-state index is 10.9.